The number of Topliss-reactive ketones (excluding diaryl/α,β-unsaturated/α-hetero) is 1. The van der Waals surface area contributed by atoms with Crippen LogP contribution in [0.25, 0.3) is 0 Å². The number of nitrogens with zero attached hydrogens (tertiary/aromatic N) is 3. The van der Waals surface area contributed by atoms with Crippen LogP contribution < -0.4 is 0 Å². The molecule has 2 aromatic heterocycles. The molecule has 1 aliphatic rings. The molecule has 0 spiro atoms. The molecule has 0 radical (unpaired) electrons. The first-order chi connectivity index (χ1) is 14.9. The molecule has 1 fully saturated rings. The molecule has 1 N–H and O–H groups in total. The number of rotatable bonds is 8. The van der Waals surface area contributed by atoms with Gasteiger partial charge in [-0.25, -0.2) is 4.79 Å². The predicted molar refractivity (Wildman–Crippen MR) is 119 cm³/mol. The Morgan fingerprint density at radius 3 is 2.58 bits per heavy atom. The molecule has 1 aromatic carbocycles. The third kappa shape index (κ3) is 4.30. The van der Waals surface area contributed by atoms with Crippen molar-refractivity contribution >= 4 is 23.5 Å². The van der Waals surface area contributed by atoms with Gasteiger partial charge in [0.05, 0.1) is 30.2 Å². The van der Waals surface area contributed by atoms with Crippen molar-refractivity contribution < 1.29 is 14.3 Å². The summed E-state index contributed by atoms with van der Waals surface area (Å²) in [5.74, 6) is 0.920. The van der Waals surface area contributed by atoms with Gasteiger partial charge < -0.3 is 14.3 Å². The van der Waals surface area contributed by atoms with Crippen LogP contribution in [0.3, 0.4) is 0 Å². The molecular formula is C23H26N4O3S. The number of H-pyrrole nitrogens is 1. The molecule has 0 amide bonds. The normalized spacial score (nSPS) is 14.5. The highest BCUT2D eigenvalue weighted by Crippen LogP contribution is 2.40. The quantitative estimate of drug-likeness (QED) is 0.320. The fraction of sp³-hybridized carbons (Fsp3) is 0.391. The lowest BCUT2D eigenvalue weighted by Gasteiger charge is -2.13. The number of thioether (sulfide) groups is 1. The number of carbonyl (C=O) groups is 2. The monoisotopic (exact) mass is 438 g/mol. The Labute approximate surface area is 185 Å². The first-order valence-electron chi connectivity index (χ1n) is 10.4. The molecule has 31 heavy (non-hydrogen) atoms. The molecule has 2 heterocycles. The maximum Gasteiger partial charge on any atom is 0.339 e. The van der Waals surface area contributed by atoms with Gasteiger partial charge in [0.25, 0.3) is 0 Å². The molecule has 0 aliphatic heterocycles. The number of carbonyl (C=O) groups excluding carboxylic acids is 2. The summed E-state index contributed by atoms with van der Waals surface area (Å²) in [5, 5.41) is 9.20. The standard InChI is InChI=1S/C23H26N4O3S/c1-13-18(22(29)30-4)14(2)24-19(13)20(28)15(3)31-23-26-25-21(17-10-11-17)27(23)12-16-8-6-5-7-9-16/h5-9,15,17,24H,10-12H2,1-4H3. The molecule has 1 unspecified atom stereocenters. The number of benzene rings is 1. The van der Waals surface area contributed by atoms with Crippen LogP contribution in [0.4, 0.5) is 0 Å². The molecule has 0 saturated heterocycles. The number of ketones is 1. The number of hydrogen-bond donors (Lipinski definition) is 1. The van der Waals surface area contributed by atoms with E-state index in [0.717, 1.165) is 23.8 Å². The molecule has 7 nitrogen and oxygen atoms in total. The Hall–Kier alpha value is -2.87. The molecule has 0 bridgehead atoms. The zero-order chi connectivity index (χ0) is 22.1. The van der Waals surface area contributed by atoms with Crippen LogP contribution in [-0.2, 0) is 11.3 Å². The van der Waals surface area contributed by atoms with E-state index in [1.54, 1.807) is 13.8 Å². The van der Waals surface area contributed by atoms with E-state index >= 15 is 0 Å². The Bertz CT molecular complexity index is 1120. The van der Waals surface area contributed by atoms with Crippen molar-refractivity contribution in [3.05, 3.63) is 64.2 Å². The molecule has 162 valence electrons. The lowest BCUT2D eigenvalue weighted by molar-refractivity contribution is 0.0599. The molecule has 3 aromatic rings. The summed E-state index contributed by atoms with van der Waals surface area (Å²) in [5.41, 5.74) is 3.28. The van der Waals surface area contributed by atoms with Crippen molar-refractivity contribution in [3.8, 4) is 0 Å². The Kier molecular flexibility index (Phi) is 6.00. The van der Waals surface area contributed by atoms with Gasteiger partial charge >= 0.3 is 5.97 Å². The Balaban J connectivity index is 1.58. The van der Waals surface area contributed by atoms with Crippen molar-refractivity contribution in [3.63, 3.8) is 0 Å². The van der Waals surface area contributed by atoms with Crippen LogP contribution in [0.1, 0.15) is 69.2 Å². The summed E-state index contributed by atoms with van der Waals surface area (Å²) in [4.78, 5) is 28.3. The minimum absolute atomic E-state index is 0.0806. The second-order valence-corrected chi connectivity index (χ2v) is 9.24. The summed E-state index contributed by atoms with van der Waals surface area (Å²) in [7, 11) is 1.34. The van der Waals surface area contributed by atoms with Crippen molar-refractivity contribution in [2.24, 2.45) is 0 Å². The van der Waals surface area contributed by atoms with E-state index in [1.807, 2.05) is 25.1 Å². The molecule has 8 heteroatoms. The zero-order valence-electron chi connectivity index (χ0n) is 18.1. The van der Waals surface area contributed by atoms with E-state index in [2.05, 4.69) is 31.9 Å². The highest BCUT2D eigenvalue weighted by atomic mass is 32.2. The van der Waals surface area contributed by atoms with Gasteiger partial charge in [-0.3, -0.25) is 4.79 Å². The van der Waals surface area contributed by atoms with Gasteiger partial charge in [0.15, 0.2) is 10.9 Å². The van der Waals surface area contributed by atoms with Crippen molar-refractivity contribution in [2.75, 3.05) is 7.11 Å². The number of esters is 1. The second kappa shape index (κ2) is 8.70. The average Bonchev–Trinajstić information content (AvgIpc) is 3.48. The van der Waals surface area contributed by atoms with Crippen molar-refractivity contribution in [2.45, 2.75) is 56.5 Å². The lowest BCUT2D eigenvalue weighted by atomic mass is 10.1. The number of aryl methyl sites for hydroxylation is 1. The maximum absolute atomic E-state index is 13.2. The second-order valence-electron chi connectivity index (χ2n) is 7.93. The fourth-order valence-electron chi connectivity index (χ4n) is 3.76. The number of hydrogen-bond acceptors (Lipinski definition) is 6. The van der Waals surface area contributed by atoms with Crippen molar-refractivity contribution in [1.29, 1.82) is 0 Å². The Morgan fingerprint density at radius 2 is 1.94 bits per heavy atom. The van der Waals surface area contributed by atoms with Gasteiger partial charge in [-0.1, -0.05) is 42.1 Å². The summed E-state index contributed by atoms with van der Waals surface area (Å²) in [6, 6.07) is 10.2. The van der Waals surface area contributed by atoms with Crippen LogP contribution in [0.15, 0.2) is 35.5 Å². The van der Waals surface area contributed by atoms with Crippen LogP contribution in [-0.4, -0.2) is 43.9 Å². The van der Waals surface area contributed by atoms with Crippen molar-refractivity contribution in [1.82, 2.24) is 19.7 Å². The van der Waals surface area contributed by atoms with Gasteiger partial charge in [0, 0.05) is 11.6 Å². The van der Waals surface area contributed by atoms with Crippen LogP contribution in [0.2, 0.25) is 0 Å². The topological polar surface area (TPSA) is 89.9 Å². The number of nitrogens with one attached hydrogen (secondary N) is 1. The number of aromatic nitrogens is 4. The van der Waals surface area contributed by atoms with E-state index in [0.29, 0.717) is 35.0 Å². The predicted octanol–water partition coefficient (Wildman–Crippen LogP) is 4.30. The van der Waals surface area contributed by atoms with Gasteiger partial charge in [-0.15, -0.1) is 10.2 Å². The summed E-state index contributed by atoms with van der Waals surface area (Å²) >= 11 is 1.40. The van der Waals surface area contributed by atoms with Gasteiger partial charge in [0.2, 0.25) is 0 Å². The van der Waals surface area contributed by atoms with E-state index < -0.39 is 11.2 Å². The first kappa shape index (κ1) is 21.4. The third-order valence-corrected chi connectivity index (χ3v) is 6.68. The average molecular weight is 439 g/mol. The highest BCUT2D eigenvalue weighted by Gasteiger charge is 2.32. The fourth-order valence-corrected chi connectivity index (χ4v) is 4.68. The zero-order valence-corrected chi connectivity index (χ0v) is 19.0. The van der Waals surface area contributed by atoms with E-state index in [-0.39, 0.29) is 5.78 Å². The largest absolute Gasteiger partial charge is 0.465 e. The first-order valence-corrected chi connectivity index (χ1v) is 11.2. The van der Waals surface area contributed by atoms with Gasteiger partial charge in [-0.05, 0) is 44.7 Å². The summed E-state index contributed by atoms with van der Waals surface area (Å²) in [6.07, 6.45) is 2.26. The van der Waals surface area contributed by atoms with E-state index in [4.69, 9.17) is 4.74 Å². The summed E-state index contributed by atoms with van der Waals surface area (Å²) in [6.45, 7) is 6.07. The van der Waals surface area contributed by atoms with Crippen LogP contribution >= 0.6 is 11.8 Å². The third-order valence-electron chi connectivity index (χ3n) is 5.60. The number of methoxy groups -OCH3 is 1. The van der Waals surface area contributed by atoms with Gasteiger partial charge in [-0.2, -0.15) is 0 Å². The minimum atomic E-state index is -0.442. The lowest BCUT2D eigenvalue weighted by Crippen LogP contribution is -2.17. The molecule has 1 atom stereocenters. The van der Waals surface area contributed by atoms with E-state index in [1.165, 1.54) is 24.4 Å². The molecule has 1 saturated carbocycles. The Morgan fingerprint density at radius 1 is 1.23 bits per heavy atom. The van der Waals surface area contributed by atoms with Gasteiger partial charge in [0.1, 0.15) is 5.82 Å². The SMILES string of the molecule is COC(=O)c1c(C)[nH]c(C(=O)C(C)Sc2nnc(C3CC3)n2Cc2ccccc2)c1C. The van der Waals surface area contributed by atoms with Crippen LogP contribution in [0.5, 0.6) is 0 Å². The smallest absolute Gasteiger partial charge is 0.339 e. The van der Waals surface area contributed by atoms with E-state index in [9.17, 15) is 9.59 Å². The summed E-state index contributed by atoms with van der Waals surface area (Å²) < 4.78 is 6.99. The molecule has 4 rings (SSSR count). The minimum Gasteiger partial charge on any atom is -0.465 e. The molecule has 1 aliphatic carbocycles. The number of aromatic amines is 1. The molecular weight excluding hydrogens is 412 g/mol. The maximum atomic E-state index is 13.2. The number of ether oxygens (including phenoxy) is 1. The van der Waals surface area contributed by atoms with Crippen LogP contribution in [0, 0.1) is 13.8 Å². The highest BCUT2D eigenvalue weighted by molar-refractivity contribution is 8.00.